The Labute approximate surface area is 169 Å². The van der Waals surface area contributed by atoms with Crippen LogP contribution < -0.4 is 20.1 Å². The van der Waals surface area contributed by atoms with E-state index < -0.39 is 0 Å². The van der Waals surface area contributed by atoms with Gasteiger partial charge in [0.15, 0.2) is 11.5 Å². The summed E-state index contributed by atoms with van der Waals surface area (Å²) in [4.78, 5) is 13.6. The maximum Gasteiger partial charge on any atom is 0.234 e. The molecular weight excluding hydrogens is 372 g/mol. The fourth-order valence-corrected chi connectivity index (χ4v) is 3.76. The van der Waals surface area contributed by atoms with Crippen LogP contribution in [0.1, 0.15) is 22.0 Å². The lowest BCUT2D eigenvalue weighted by Gasteiger charge is -2.18. The summed E-state index contributed by atoms with van der Waals surface area (Å²) in [6, 6.07) is 19.9. The van der Waals surface area contributed by atoms with Crippen LogP contribution in [0.3, 0.4) is 0 Å². The Morgan fingerprint density at radius 1 is 1.00 bits per heavy atom. The summed E-state index contributed by atoms with van der Waals surface area (Å²) in [7, 11) is 3.19. The molecule has 0 saturated heterocycles. The van der Waals surface area contributed by atoms with E-state index in [2.05, 4.69) is 28.8 Å². The number of hydrogen-bond acceptors (Lipinski definition) is 5. The monoisotopic (exact) mass is 396 g/mol. The average molecular weight is 397 g/mol. The van der Waals surface area contributed by atoms with Crippen molar-refractivity contribution >= 4 is 17.2 Å². The molecule has 1 amide bonds. The molecule has 0 aliphatic carbocycles. The second-order valence-corrected chi connectivity index (χ2v) is 7.19. The smallest absolute Gasteiger partial charge is 0.234 e. The number of benzene rings is 2. The highest BCUT2D eigenvalue weighted by Crippen LogP contribution is 2.27. The number of hydrogen-bond donors (Lipinski definition) is 2. The van der Waals surface area contributed by atoms with Crippen LogP contribution in [0.5, 0.6) is 11.5 Å². The van der Waals surface area contributed by atoms with Crippen molar-refractivity contribution in [2.75, 3.05) is 20.8 Å². The van der Waals surface area contributed by atoms with Crippen LogP contribution in [0, 0.1) is 0 Å². The van der Waals surface area contributed by atoms with Crippen molar-refractivity contribution in [2.24, 2.45) is 0 Å². The second kappa shape index (κ2) is 9.92. The third-order valence-electron chi connectivity index (χ3n) is 4.36. The summed E-state index contributed by atoms with van der Waals surface area (Å²) < 4.78 is 10.5. The van der Waals surface area contributed by atoms with Crippen molar-refractivity contribution in [1.29, 1.82) is 0 Å². The Bertz CT molecular complexity index is 882. The SMILES string of the molecule is COc1ccc(CNC(=O)CN[C@@H](c2ccccc2)c2cccs2)cc1OC. The van der Waals surface area contributed by atoms with Crippen LogP contribution in [0.25, 0.3) is 0 Å². The van der Waals surface area contributed by atoms with Gasteiger partial charge in [0.25, 0.3) is 0 Å². The molecule has 0 fully saturated rings. The lowest BCUT2D eigenvalue weighted by Crippen LogP contribution is -2.35. The van der Waals surface area contributed by atoms with Crippen LogP contribution in [0.4, 0.5) is 0 Å². The molecule has 1 heterocycles. The predicted octanol–water partition coefficient (Wildman–Crippen LogP) is 3.76. The van der Waals surface area contributed by atoms with Crippen molar-refractivity contribution < 1.29 is 14.3 Å². The van der Waals surface area contributed by atoms with Gasteiger partial charge in [-0.2, -0.15) is 0 Å². The number of nitrogens with one attached hydrogen (secondary N) is 2. The summed E-state index contributed by atoms with van der Waals surface area (Å²) in [6.07, 6.45) is 0. The number of thiophene rings is 1. The third kappa shape index (κ3) is 5.12. The molecule has 28 heavy (non-hydrogen) atoms. The van der Waals surface area contributed by atoms with Crippen molar-refractivity contribution in [3.8, 4) is 11.5 Å². The molecule has 0 aliphatic heterocycles. The molecule has 5 nitrogen and oxygen atoms in total. The van der Waals surface area contributed by atoms with E-state index in [1.807, 2.05) is 47.8 Å². The Morgan fingerprint density at radius 2 is 1.79 bits per heavy atom. The van der Waals surface area contributed by atoms with E-state index in [9.17, 15) is 4.79 Å². The topological polar surface area (TPSA) is 59.6 Å². The van der Waals surface area contributed by atoms with Crippen LogP contribution in [-0.2, 0) is 11.3 Å². The van der Waals surface area contributed by atoms with Crippen LogP contribution in [0.15, 0.2) is 66.0 Å². The average Bonchev–Trinajstić information content (AvgIpc) is 3.27. The summed E-state index contributed by atoms with van der Waals surface area (Å²) >= 11 is 1.68. The number of amides is 1. The van der Waals surface area contributed by atoms with Gasteiger partial charge in [-0.15, -0.1) is 11.3 Å². The zero-order chi connectivity index (χ0) is 19.8. The molecule has 2 aromatic carbocycles. The highest BCUT2D eigenvalue weighted by Gasteiger charge is 2.16. The van der Waals surface area contributed by atoms with Gasteiger partial charge in [0.1, 0.15) is 0 Å². The first kappa shape index (κ1) is 19.9. The molecular formula is C22H24N2O3S. The molecule has 0 bridgehead atoms. The van der Waals surface area contributed by atoms with Crippen molar-refractivity contribution in [2.45, 2.75) is 12.6 Å². The van der Waals surface area contributed by atoms with Gasteiger partial charge in [0, 0.05) is 11.4 Å². The van der Waals surface area contributed by atoms with Crippen LogP contribution in [0.2, 0.25) is 0 Å². The zero-order valence-corrected chi connectivity index (χ0v) is 16.8. The Hall–Kier alpha value is -2.83. The highest BCUT2D eigenvalue weighted by atomic mass is 32.1. The van der Waals surface area contributed by atoms with Crippen molar-refractivity contribution in [1.82, 2.24) is 10.6 Å². The van der Waals surface area contributed by atoms with Gasteiger partial charge in [-0.1, -0.05) is 42.5 Å². The normalized spacial score (nSPS) is 11.6. The maximum absolute atomic E-state index is 12.4. The molecule has 0 radical (unpaired) electrons. The minimum Gasteiger partial charge on any atom is -0.493 e. The van der Waals surface area contributed by atoms with Crippen LogP contribution >= 0.6 is 11.3 Å². The quantitative estimate of drug-likeness (QED) is 0.578. The third-order valence-corrected chi connectivity index (χ3v) is 5.30. The maximum atomic E-state index is 12.4. The Morgan fingerprint density at radius 3 is 2.46 bits per heavy atom. The number of ether oxygens (including phenoxy) is 2. The second-order valence-electron chi connectivity index (χ2n) is 6.21. The first-order valence-corrected chi connectivity index (χ1v) is 9.88. The fraction of sp³-hybridized carbons (Fsp3) is 0.227. The van der Waals surface area contributed by atoms with E-state index in [0.717, 1.165) is 11.1 Å². The first-order chi connectivity index (χ1) is 13.7. The van der Waals surface area contributed by atoms with Crippen molar-refractivity contribution in [3.63, 3.8) is 0 Å². The standard InChI is InChI=1S/C22H24N2O3S/c1-26-18-11-10-16(13-19(18)27-2)14-23-21(25)15-24-22(20-9-6-12-28-20)17-7-4-3-5-8-17/h3-13,22,24H,14-15H2,1-2H3,(H,23,25)/t22-/m0/s1. The van der Waals surface area contributed by atoms with Gasteiger partial charge in [0.05, 0.1) is 26.8 Å². The lowest BCUT2D eigenvalue weighted by molar-refractivity contribution is -0.120. The van der Waals surface area contributed by atoms with E-state index in [1.54, 1.807) is 25.6 Å². The zero-order valence-electron chi connectivity index (χ0n) is 16.0. The molecule has 2 N–H and O–H groups in total. The fourth-order valence-electron chi connectivity index (χ4n) is 2.93. The van der Waals surface area contributed by atoms with Crippen LogP contribution in [-0.4, -0.2) is 26.7 Å². The minimum atomic E-state index is -0.0627. The molecule has 0 saturated carbocycles. The molecule has 1 atom stereocenters. The predicted molar refractivity (Wildman–Crippen MR) is 112 cm³/mol. The lowest BCUT2D eigenvalue weighted by atomic mass is 10.1. The van der Waals surface area contributed by atoms with E-state index in [1.165, 1.54) is 4.88 Å². The molecule has 0 spiro atoms. The molecule has 146 valence electrons. The summed E-state index contributed by atoms with van der Waals surface area (Å²) in [5.41, 5.74) is 2.08. The molecule has 3 rings (SSSR count). The molecule has 1 aromatic heterocycles. The summed E-state index contributed by atoms with van der Waals surface area (Å²) in [5.74, 6) is 1.25. The van der Waals surface area contributed by atoms with E-state index in [4.69, 9.17) is 9.47 Å². The minimum absolute atomic E-state index is 0.00645. The van der Waals surface area contributed by atoms with Crippen molar-refractivity contribution in [3.05, 3.63) is 82.0 Å². The summed E-state index contributed by atoms with van der Waals surface area (Å²) in [5, 5.41) is 8.36. The number of methoxy groups -OCH3 is 2. The van der Waals surface area contributed by atoms with E-state index in [0.29, 0.717) is 18.0 Å². The number of rotatable bonds is 9. The molecule has 6 heteroatoms. The van der Waals surface area contributed by atoms with E-state index >= 15 is 0 Å². The molecule has 0 aliphatic rings. The van der Waals surface area contributed by atoms with Gasteiger partial charge in [0.2, 0.25) is 5.91 Å². The van der Waals surface area contributed by atoms with Gasteiger partial charge in [-0.05, 0) is 34.7 Å². The van der Waals surface area contributed by atoms with Gasteiger partial charge in [-0.25, -0.2) is 0 Å². The largest absolute Gasteiger partial charge is 0.493 e. The first-order valence-electron chi connectivity index (χ1n) is 9.00. The summed E-state index contributed by atoms with van der Waals surface area (Å²) in [6.45, 7) is 0.653. The van der Waals surface area contributed by atoms with E-state index in [-0.39, 0.29) is 18.5 Å². The van der Waals surface area contributed by atoms with Gasteiger partial charge < -0.3 is 14.8 Å². The molecule has 3 aromatic rings. The Balaban J connectivity index is 1.58. The molecule has 0 unspecified atom stereocenters. The number of carbonyl (C=O) groups excluding carboxylic acids is 1. The van der Waals surface area contributed by atoms with Gasteiger partial charge in [-0.3, -0.25) is 10.1 Å². The number of carbonyl (C=O) groups is 1. The Kier molecular flexibility index (Phi) is 7.06. The van der Waals surface area contributed by atoms with Gasteiger partial charge >= 0.3 is 0 Å². The highest BCUT2D eigenvalue weighted by molar-refractivity contribution is 7.10.